The Morgan fingerprint density at radius 2 is 1.73 bits per heavy atom. The highest BCUT2D eigenvalue weighted by Gasteiger charge is 2.32. The molecule has 0 radical (unpaired) electrons. The molecule has 2 amide bonds. The van der Waals surface area contributed by atoms with Crippen LogP contribution < -0.4 is 0 Å². The van der Waals surface area contributed by atoms with Gasteiger partial charge in [-0.25, -0.2) is 4.39 Å². The van der Waals surface area contributed by atoms with Crippen molar-refractivity contribution in [2.75, 3.05) is 39.3 Å². The van der Waals surface area contributed by atoms with Crippen molar-refractivity contribution in [1.29, 1.82) is 0 Å². The van der Waals surface area contributed by atoms with E-state index in [1.807, 2.05) is 27.3 Å². The number of hydrogen-bond acceptors (Lipinski definition) is 4. The third-order valence-corrected chi connectivity index (χ3v) is 7.20. The van der Waals surface area contributed by atoms with E-state index >= 15 is 0 Å². The summed E-state index contributed by atoms with van der Waals surface area (Å²) in [5.74, 6) is -0.0621. The number of halogens is 2. The number of piperazine rings is 1. The topological polar surface area (TPSA) is 43.9 Å². The Morgan fingerprint density at radius 3 is 2.37 bits per heavy atom. The summed E-state index contributed by atoms with van der Waals surface area (Å²) in [5, 5.41) is 2.35. The third kappa shape index (κ3) is 4.68. The number of thiophene rings is 1. The highest BCUT2D eigenvalue weighted by Crippen LogP contribution is 2.24. The molecule has 8 heteroatoms. The molecule has 1 aromatic heterocycles. The van der Waals surface area contributed by atoms with Crippen LogP contribution in [-0.4, -0.2) is 65.8 Å². The molecule has 30 heavy (non-hydrogen) atoms. The Bertz CT molecular complexity index is 872. The zero-order valence-electron chi connectivity index (χ0n) is 16.7. The minimum absolute atomic E-state index is 0.0232. The van der Waals surface area contributed by atoms with Gasteiger partial charge in [0, 0.05) is 62.3 Å². The lowest BCUT2D eigenvalue weighted by Gasteiger charge is -2.38. The van der Waals surface area contributed by atoms with Crippen molar-refractivity contribution in [3.05, 3.63) is 57.0 Å². The number of piperidine rings is 1. The van der Waals surface area contributed by atoms with Crippen LogP contribution in [0, 0.1) is 11.7 Å². The van der Waals surface area contributed by atoms with Gasteiger partial charge in [0.2, 0.25) is 5.91 Å². The first-order valence-corrected chi connectivity index (χ1v) is 11.6. The Labute approximate surface area is 185 Å². The predicted molar refractivity (Wildman–Crippen MR) is 116 cm³/mol. The smallest absolute Gasteiger partial charge is 0.263 e. The first-order chi connectivity index (χ1) is 14.5. The van der Waals surface area contributed by atoms with Crippen LogP contribution in [0.15, 0.2) is 35.7 Å². The van der Waals surface area contributed by atoms with Crippen molar-refractivity contribution < 1.29 is 14.0 Å². The molecule has 2 aliphatic heterocycles. The lowest BCUT2D eigenvalue weighted by molar-refractivity contribution is -0.138. The first-order valence-electron chi connectivity index (χ1n) is 10.3. The summed E-state index contributed by atoms with van der Waals surface area (Å²) < 4.78 is 14.0. The molecule has 0 N–H and O–H groups in total. The van der Waals surface area contributed by atoms with Gasteiger partial charge in [0.15, 0.2) is 0 Å². The van der Waals surface area contributed by atoms with Crippen LogP contribution in [0.5, 0.6) is 0 Å². The van der Waals surface area contributed by atoms with Crippen LogP contribution in [0.1, 0.15) is 28.1 Å². The molecule has 0 saturated carbocycles. The molecular formula is C22H25ClFN3O2S. The number of carbonyl (C=O) groups excluding carboxylic acids is 2. The second-order valence-corrected chi connectivity index (χ2v) is 9.20. The fourth-order valence-electron chi connectivity index (χ4n) is 4.18. The van der Waals surface area contributed by atoms with Crippen LogP contribution in [0.2, 0.25) is 5.02 Å². The van der Waals surface area contributed by atoms with Gasteiger partial charge in [-0.2, -0.15) is 0 Å². The summed E-state index contributed by atoms with van der Waals surface area (Å²) in [5.41, 5.74) is 0.515. The standard InChI is InChI=1S/C22H25ClFN3O2S/c23-18-3-1-4-19(24)17(18)15-25-10-12-27(13-11-25)21(28)16-6-8-26(9-7-16)22(29)20-5-2-14-30-20/h1-5,14,16H,6-13,15H2. The minimum Gasteiger partial charge on any atom is -0.340 e. The number of nitrogens with zero attached hydrogens (tertiary/aromatic N) is 3. The van der Waals surface area contributed by atoms with Gasteiger partial charge >= 0.3 is 0 Å². The van der Waals surface area contributed by atoms with E-state index < -0.39 is 0 Å². The quantitative estimate of drug-likeness (QED) is 0.714. The van der Waals surface area contributed by atoms with E-state index in [9.17, 15) is 14.0 Å². The van der Waals surface area contributed by atoms with Gasteiger partial charge < -0.3 is 9.80 Å². The van der Waals surface area contributed by atoms with Crippen molar-refractivity contribution in [3.8, 4) is 0 Å². The SMILES string of the molecule is O=C(c1cccs1)N1CCC(C(=O)N2CCN(Cc3c(F)cccc3Cl)CC2)CC1. The van der Waals surface area contributed by atoms with Crippen LogP contribution in [0.25, 0.3) is 0 Å². The summed E-state index contributed by atoms with van der Waals surface area (Å²) >= 11 is 7.59. The minimum atomic E-state index is -0.287. The molecule has 160 valence electrons. The lowest BCUT2D eigenvalue weighted by Crippen LogP contribution is -2.51. The molecule has 0 spiro atoms. The molecule has 0 atom stereocenters. The van der Waals surface area contributed by atoms with Crippen LogP contribution >= 0.6 is 22.9 Å². The zero-order chi connectivity index (χ0) is 21.1. The maximum absolute atomic E-state index is 14.0. The van der Waals surface area contributed by atoms with Gasteiger partial charge in [0.1, 0.15) is 5.82 Å². The lowest BCUT2D eigenvalue weighted by atomic mass is 9.94. The van der Waals surface area contributed by atoms with Crippen LogP contribution in [-0.2, 0) is 11.3 Å². The van der Waals surface area contributed by atoms with E-state index in [2.05, 4.69) is 4.90 Å². The van der Waals surface area contributed by atoms with Gasteiger partial charge in [-0.05, 0) is 36.4 Å². The molecule has 1 aromatic carbocycles. The summed E-state index contributed by atoms with van der Waals surface area (Å²) in [6.45, 7) is 4.38. The van der Waals surface area contributed by atoms with Gasteiger partial charge in [-0.1, -0.05) is 23.7 Å². The van der Waals surface area contributed by atoms with E-state index in [1.165, 1.54) is 17.4 Å². The monoisotopic (exact) mass is 449 g/mol. The number of carbonyl (C=O) groups is 2. The summed E-state index contributed by atoms with van der Waals surface area (Å²) in [6, 6.07) is 8.47. The van der Waals surface area contributed by atoms with Gasteiger partial charge in [-0.3, -0.25) is 14.5 Å². The van der Waals surface area contributed by atoms with Crippen LogP contribution in [0.3, 0.4) is 0 Å². The molecule has 0 aliphatic carbocycles. The van der Waals surface area contributed by atoms with E-state index in [1.54, 1.807) is 12.1 Å². The summed E-state index contributed by atoms with van der Waals surface area (Å²) in [4.78, 5) is 32.1. The molecule has 4 rings (SSSR count). The van der Waals surface area contributed by atoms with E-state index in [4.69, 9.17) is 11.6 Å². The number of likely N-dealkylation sites (tertiary alicyclic amines) is 1. The molecule has 2 saturated heterocycles. The second-order valence-electron chi connectivity index (χ2n) is 7.85. The van der Waals surface area contributed by atoms with Crippen molar-refractivity contribution in [1.82, 2.24) is 14.7 Å². The van der Waals surface area contributed by atoms with Gasteiger partial charge in [0.05, 0.1) is 4.88 Å². The van der Waals surface area contributed by atoms with Crippen molar-refractivity contribution in [2.24, 2.45) is 5.92 Å². The number of benzene rings is 1. The molecule has 0 unspecified atom stereocenters. The molecule has 2 aromatic rings. The Kier molecular flexibility index (Phi) is 6.71. The average molecular weight is 450 g/mol. The maximum Gasteiger partial charge on any atom is 0.263 e. The van der Waals surface area contributed by atoms with E-state index in [0.29, 0.717) is 69.2 Å². The average Bonchev–Trinajstić information content (AvgIpc) is 3.31. The fraction of sp³-hybridized carbons (Fsp3) is 0.455. The Balaban J connectivity index is 1.25. The number of amides is 2. The first kappa shape index (κ1) is 21.3. The predicted octanol–water partition coefficient (Wildman–Crippen LogP) is 3.74. The number of hydrogen-bond donors (Lipinski definition) is 0. The maximum atomic E-state index is 14.0. The van der Waals surface area contributed by atoms with Gasteiger partial charge in [0.25, 0.3) is 5.91 Å². The van der Waals surface area contributed by atoms with Crippen molar-refractivity contribution in [2.45, 2.75) is 19.4 Å². The second kappa shape index (κ2) is 9.45. The van der Waals surface area contributed by atoms with E-state index in [0.717, 1.165) is 4.88 Å². The molecule has 0 bridgehead atoms. The molecule has 2 fully saturated rings. The zero-order valence-corrected chi connectivity index (χ0v) is 18.3. The number of rotatable bonds is 4. The van der Waals surface area contributed by atoms with E-state index in [-0.39, 0.29) is 23.5 Å². The highest BCUT2D eigenvalue weighted by atomic mass is 35.5. The molecule has 3 heterocycles. The fourth-order valence-corrected chi connectivity index (χ4v) is 5.09. The third-order valence-electron chi connectivity index (χ3n) is 5.99. The Morgan fingerprint density at radius 1 is 1.00 bits per heavy atom. The molecular weight excluding hydrogens is 425 g/mol. The summed E-state index contributed by atoms with van der Waals surface area (Å²) in [6.07, 6.45) is 1.42. The highest BCUT2D eigenvalue weighted by molar-refractivity contribution is 7.12. The largest absolute Gasteiger partial charge is 0.340 e. The molecule has 5 nitrogen and oxygen atoms in total. The van der Waals surface area contributed by atoms with Crippen LogP contribution in [0.4, 0.5) is 4.39 Å². The molecule has 2 aliphatic rings. The summed E-state index contributed by atoms with van der Waals surface area (Å²) in [7, 11) is 0. The van der Waals surface area contributed by atoms with Gasteiger partial charge in [-0.15, -0.1) is 11.3 Å². The normalized spacial score (nSPS) is 18.6. The van der Waals surface area contributed by atoms with Crippen molar-refractivity contribution in [3.63, 3.8) is 0 Å². The van der Waals surface area contributed by atoms with Crippen molar-refractivity contribution >= 4 is 34.8 Å². The Hall–Kier alpha value is -1.96.